The molecule has 86 valence electrons. The van der Waals surface area contributed by atoms with Crippen molar-refractivity contribution in [1.29, 1.82) is 0 Å². The zero-order valence-electron chi connectivity index (χ0n) is 9.10. The Kier molecular flexibility index (Phi) is 3.48. The molecule has 0 spiro atoms. The van der Waals surface area contributed by atoms with Gasteiger partial charge in [-0.15, -0.1) is 0 Å². The van der Waals surface area contributed by atoms with Crippen molar-refractivity contribution in [1.82, 2.24) is 15.3 Å². The van der Waals surface area contributed by atoms with Gasteiger partial charge in [-0.1, -0.05) is 6.07 Å². The molecule has 0 aromatic carbocycles. The second kappa shape index (κ2) is 5.05. The van der Waals surface area contributed by atoms with Crippen LogP contribution in [0, 0.1) is 5.92 Å². The normalized spacial score (nSPS) is 20.9. The molecule has 1 aliphatic heterocycles. The fourth-order valence-electron chi connectivity index (χ4n) is 2.03. The molecule has 1 aromatic heterocycles. The van der Waals surface area contributed by atoms with E-state index in [1.165, 1.54) is 0 Å². The summed E-state index contributed by atoms with van der Waals surface area (Å²) in [5.41, 5.74) is 3.25. The van der Waals surface area contributed by atoms with E-state index in [1.54, 1.807) is 6.20 Å². The van der Waals surface area contributed by atoms with Crippen LogP contribution in [0.1, 0.15) is 12.1 Å². The van der Waals surface area contributed by atoms with Crippen LogP contribution in [-0.2, 0) is 11.3 Å². The number of hydrazine groups is 1. The molecule has 1 fully saturated rings. The molecular weight excluding hydrogens is 204 g/mol. The molecular formula is C11H16N4O. The van der Waals surface area contributed by atoms with Crippen molar-refractivity contribution in [3.05, 3.63) is 30.1 Å². The lowest BCUT2D eigenvalue weighted by Gasteiger charge is -2.14. The highest BCUT2D eigenvalue weighted by Gasteiger charge is 2.27. The van der Waals surface area contributed by atoms with Crippen LogP contribution in [-0.4, -0.2) is 28.9 Å². The van der Waals surface area contributed by atoms with E-state index in [0.717, 1.165) is 31.7 Å². The Bertz CT molecular complexity index is 354. The highest BCUT2D eigenvalue weighted by Crippen LogP contribution is 2.17. The number of nitrogens with one attached hydrogen (secondary N) is 1. The molecule has 0 saturated carbocycles. The van der Waals surface area contributed by atoms with Gasteiger partial charge in [0.2, 0.25) is 5.91 Å². The fourth-order valence-corrected chi connectivity index (χ4v) is 2.03. The van der Waals surface area contributed by atoms with Gasteiger partial charge < -0.3 is 0 Å². The summed E-state index contributed by atoms with van der Waals surface area (Å²) in [5.74, 6) is 5.08. The molecule has 5 nitrogen and oxygen atoms in total. The lowest BCUT2D eigenvalue weighted by atomic mass is 10.1. The molecule has 2 heterocycles. The zero-order valence-corrected chi connectivity index (χ0v) is 9.10. The topological polar surface area (TPSA) is 71.2 Å². The number of hydrogen-bond acceptors (Lipinski definition) is 4. The molecule has 1 amide bonds. The summed E-state index contributed by atoms with van der Waals surface area (Å²) in [7, 11) is 0. The number of pyridine rings is 1. The Balaban J connectivity index is 1.88. The minimum atomic E-state index is -0.0662. The maximum absolute atomic E-state index is 11.3. The standard InChI is InChI=1S/C11H16N4O/c12-14-11(16)9-4-6-15(7-9)8-10-3-1-2-5-13-10/h1-3,5,9H,4,6-8,12H2,(H,14,16)/t9-/m1/s1. The predicted octanol–water partition coefficient (Wildman–Crippen LogP) is -0.107. The van der Waals surface area contributed by atoms with Crippen molar-refractivity contribution < 1.29 is 4.79 Å². The third kappa shape index (κ3) is 2.56. The largest absolute Gasteiger partial charge is 0.297 e. The minimum absolute atomic E-state index is 0.0220. The van der Waals surface area contributed by atoms with Crippen molar-refractivity contribution in [2.75, 3.05) is 13.1 Å². The lowest BCUT2D eigenvalue weighted by Crippen LogP contribution is -2.37. The van der Waals surface area contributed by atoms with E-state index in [0.29, 0.717) is 0 Å². The van der Waals surface area contributed by atoms with E-state index in [9.17, 15) is 4.79 Å². The summed E-state index contributed by atoms with van der Waals surface area (Å²) in [4.78, 5) is 17.8. The number of hydrogen-bond donors (Lipinski definition) is 2. The highest BCUT2D eigenvalue weighted by molar-refractivity contribution is 5.78. The quantitative estimate of drug-likeness (QED) is 0.424. The Hall–Kier alpha value is -1.46. The summed E-state index contributed by atoms with van der Waals surface area (Å²) in [6.07, 6.45) is 2.66. The van der Waals surface area contributed by atoms with E-state index >= 15 is 0 Å². The van der Waals surface area contributed by atoms with Crippen molar-refractivity contribution in [2.45, 2.75) is 13.0 Å². The second-order valence-electron chi connectivity index (χ2n) is 4.05. The van der Waals surface area contributed by atoms with Gasteiger partial charge in [0, 0.05) is 19.3 Å². The number of nitrogens with zero attached hydrogens (tertiary/aromatic N) is 2. The Morgan fingerprint density at radius 2 is 2.50 bits per heavy atom. The first-order chi connectivity index (χ1) is 7.79. The van der Waals surface area contributed by atoms with Crippen LogP contribution in [0.15, 0.2) is 24.4 Å². The van der Waals surface area contributed by atoms with Gasteiger partial charge in [0.25, 0.3) is 0 Å². The Morgan fingerprint density at radius 3 is 3.19 bits per heavy atom. The Labute approximate surface area is 94.6 Å². The first-order valence-corrected chi connectivity index (χ1v) is 5.42. The Morgan fingerprint density at radius 1 is 1.62 bits per heavy atom. The van der Waals surface area contributed by atoms with E-state index in [-0.39, 0.29) is 11.8 Å². The number of likely N-dealkylation sites (tertiary alicyclic amines) is 1. The summed E-state index contributed by atoms with van der Waals surface area (Å²) in [6.45, 7) is 2.49. The predicted molar refractivity (Wildman–Crippen MR) is 60.0 cm³/mol. The smallest absolute Gasteiger partial charge is 0.238 e. The van der Waals surface area contributed by atoms with Crippen molar-refractivity contribution in [3.63, 3.8) is 0 Å². The van der Waals surface area contributed by atoms with Gasteiger partial charge in [-0.05, 0) is 25.1 Å². The van der Waals surface area contributed by atoms with Gasteiger partial charge in [-0.25, -0.2) is 5.84 Å². The van der Waals surface area contributed by atoms with Gasteiger partial charge in [0.05, 0.1) is 11.6 Å². The number of rotatable bonds is 3. The third-order valence-electron chi connectivity index (χ3n) is 2.90. The lowest BCUT2D eigenvalue weighted by molar-refractivity contribution is -0.124. The number of carbonyl (C=O) groups excluding carboxylic acids is 1. The molecule has 3 N–H and O–H groups in total. The van der Waals surface area contributed by atoms with Crippen molar-refractivity contribution >= 4 is 5.91 Å². The van der Waals surface area contributed by atoms with Gasteiger partial charge in [-0.2, -0.15) is 0 Å². The van der Waals surface area contributed by atoms with E-state index in [2.05, 4.69) is 15.3 Å². The SMILES string of the molecule is NNC(=O)[C@@H]1CCN(Cc2ccccn2)C1. The number of carbonyl (C=O) groups is 1. The summed E-state index contributed by atoms with van der Waals surface area (Å²) >= 11 is 0. The van der Waals surface area contributed by atoms with Gasteiger partial charge in [0.15, 0.2) is 0 Å². The molecule has 1 atom stereocenters. The van der Waals surface area contributed by atoms with Crippen LogP contribution in [0.4, 0.5) is 0 Å². The molecule has 0 bridgehead atoms. The molecule has 0 radical (unpaired) electrons. The zero-order chi connectivity index (χ0) is 11.4. The summed E-state index contributed by atoms with van der Waals surface area (Å²) in [5, 5.41) is 0. The minimum Gasteiger partial charge on any atom is -0.297 e. The second-order valence-corrected chi connectivity index (χ2v) is 4.05. The molecule has 1 aromatic rings. The summed E-state index contributed by atoms with van der Waals surface area (Å²) in [6, 6.07) is 5.87. The van der Waals surface area contributed by atoms with E-state index in [1.807, 2.05) is 18.2 Å². The molecule has 0 aliphatic carbocycles. The van der Waals surface area contributed by atoms with Crippen LogP contribution < -0.4 is 11.3 Å². The van der Waals surface area contributed by atoms with E-state index in [4.69, 9.17) is 5.84 Å². The van der Waals surface area contributed by atoms with Crippen LogP contribution >= 0.6 is 0 Å². The molecule has 5 heteroatoms. The average Bonchev–Trinajstić information content (AvgIpc) is 2.78. The van der Waals surface area contributed by atoms with Crippen LogP contribution in [0.2, 0.25) is 0 Å². The molecule has 2 rings (SSSR count). The molecule has 1 aliphatic rings. The first-order valence-electron chi connectivity index (χ1n) is 5.42. The monoisotopic (exact) mass is 220 g/mol. The summed E-state index contributed by atoms with van der Waals surface area (Å²) < 4.78 is 0. The maximum atomic E-state index is 11.3. The van der Waals surface area contributed by atoms with Gasteiger partial charge >= 0.3 is 0 Å². The van der Waals surface area contributed by atoms with Crippen LogP contribution in [0.25, 0.3) is 0 Å². The number of aromatic nitrogens is 1. The molecule has 16 heavy (non-hydrogen) atoms. The third-order valence-corrected chi connectivity index (χ3v) is 2.90. The van der Waals surface area contributed by atoms with Crippen LogP contribution in [0.3, 0.4) is 0 Å². The van der Waals surface area contributed by atoms with Crippen LogP contribution in [0.5, 0.6) is 0 Å². The average molecular weight is 220 g/mol. The van der Waals surface area contributed by atoms with Gasteiger partial charge in [0.1, 0.15) is 0 Å². The van der Waals surface area contributed by atoms with E-state index < -0.39 is 0 Å². The molecule has 0 unspecified atom stereocenters. The first kappa shape index (κ1) is 11.0. The van der Waals surface area contributed by atoms with Crippen molar-refractivity contribution in [3.8, 4) is 0 Å². The number of nitrogens with two attached hydrogens (primary N) is 1. The highest BCUT2D eigenvalue weighted by atomic mass is 16.2. The van der Waals surface area contributed by atoms with Gasteiger partial charge in [-0.3, -0.25) is 20.1 Å². The molecule has 1 saturated heterocycles. The fraction of sp³-hybridized carbons (Fsp3) is 0.455. The van der Waals surface area contributed by atoms with Crippen molar-refractivity contribution in [2.24, 2.45) is 11.8 Å². The maximum Gasteiger partial charge on any atom is 0.238 e. The number of amides is 1.